The van der Waals surface area contributed by atoms with Gasteiger partial charge in [0, 0.05) is 25.4 Å². The van der Waals surface area contributed by atoms with Crippen molar-refractivity contribution >= 4 is 29.3 Å². The van der Waals surface area contributed by atoms with Crippen molar-refractivity contribution in [2.45, 2.75) is 34.1 Å². The molecule has 0 N–H and O–H groups in total. The minimum Gasteiger partial charge on any atom is -0.461 e. The van der Waals surface area contributed by atoms with Gasteiger partial charge in [0.05, 0.1) is 23.6 Å². The summed E-state index contributed by atoms with van der Waals surface area (Å²) < 4.78 is 4.99. The zero-order valence-corrected chi connectivity index (χ0v) is 16.3. The maximum Gasteiger partial charge on any atom is 0.357 e. The molecule has 0 bridgehead atoms. The van der Waals surface area contributed by atoms with Crippen molar-refractivity contribution in [2.75, 3.05) is 20.2 Å². The van der Waals surface area contributed by atoms with Gasteiger partial charge in [0.2, 0.25) is 0 Å². The van der Waals surface area contributed by atoms with E-state index < -0.39 is 0 Å². The first kappa shape index (κ1) is 19.1. The number of nitrogens with zero attached hydrogens (tertiary/aromatic N) is 3. The van der Waals surface area contributed by atoms with E-state index in [9.17, 15) is 4.79 Å². The van der Waals surface area contributed by atoms with E-state index in [1.807, 2.05) is 18.3 Å². The molecule has 0 aliphatic heterocycles. The smallest absolute Gasteiger partial charge is 0.357 e. The second-order valence-corrected chi connectivity index (χ2v) is 6.85. The predicted octanol–water partition coefficient (Wildman–Crippen LogP) is 4.14. The lowest BCUT2D eigenvalue weighted by Crippen LogP contribution is -2.14. The zero-order chi connectivity index (χ0) is 18.4. The third-order valence-corrected chi connectivity index (χ3v) is 4.77. The molecule has 2 rings (SSSR count). The topological polar surface area (TPSA) is 54.8 Å². The zero-order valence-electron chi connectivity index (χ0n) is 15.5. The van der Waals surface area contributed by atoms with E-state index >= 15 is 0 Å². The molecule has 0 aliphatic rings. The average Bonchev–Trinajstić information content (AvgIpc) is 3.05. The molecule has 0 fully saturated rings. The molecule has 0 saturated carbocycles. The van der Waals surface area contributed by atoms with Gasteiger partial charge in [-0.1, -0.05) is 6.07 Å². The number of hydrogen-bond donors (Lipinski definition) is 0. The lowest BCUT2D eigenvalue weighted by molar-refractivity contribution is 0.0520. The number of aliphatic imine (C=N–C) groups is 1. The van der Waals surface area contributed by atoms with E-state index in [2.05, 4.69) is 42.9 Å². The van der Waals surface area contributed by atoms with Crippen LogP contribution >= 0.6 is 11.3 Å². The first-order chi connectivity index (χ1) is 11.9. The van der Waals surface area contributed by atoms with E-state index in [4.69, 9.17) is 4.74 Å². The number of thiazole rings is 1. The Bertz CT molecular complexity index is 768. The number of carbonyl (C=O) groups excluding carboxylic acids is 1. The lowest BCUT2D eigenvalue weighted by atomic mass is 10.0. The summed E-state index contributed by atoms with van der Waals surface area (Å²) in [4.78, 5) is 22.7. The Hall–Kier alpha value is -2.21. The number of esters is 1. The highest BCUT2D eigenvalue weighted by atomic mass is 32.1. The van der Waals surface area contributed by atoms with Crippen LogP contribution in [0, 0.1) is 13.8 Å². The summed E-state index contributed by atoms with van der Waals surface area (Å²) in [5.74, 6) is -0.359. The predicted molar refractivity (Wildman–Crippen MR) is 103 cm³/mol. The summed E-state index contributed by atoms with van der Waals surface area (Å²) in [6.07, 6.45) is 2.56. The van der Waals surface area contributed by atoms with Crippen LogP contribution in [0.1, 0.15) is 46.0 Å². The lowest BCUT2D eigenvalue weighted by Gasteiger charge is -2.11. The summed E-state index contributed by atoms with van der Waals surface area (Å²) >= 11 is 1.49. The van der Waals surface area contributed by atoms with E-state index in [1.165, 1.54) is 22.5 Å². The van der Waals surface area contributed by atoms with Gasteiger partial charge < -0.3 is 9.64 Å². The highest BCUT2D eigenvalue weighted by Crippen LogP contribution is 2.26. The normalized spacial score (nSPS) is 11.1. The number of rotatable bonds is 7. The molecule has 0 aliphatic carbocycles. The van der Waals surface area contributed by atoms with E-state index in [-0.39, 0.29) is 5.97 Å². The molecular formula is C19H25N3O2S. The number of carbonyl (C=O) groups is 1. The van der Waals surface area contributed by atoms with Crippen LogP contribution in [0.4, 0.5) is 5.69 Å². The monoisotopic (exact) mass is 359 g/mol. The Kier molecular flexibility index (Phi) is 6.70. The van der Waals surface area contributed by atoms with Gasteiger partial charge in [0.1, 0.15) is 0 Å². The third kappa shape index (κ3) is 5.13. The fraction of sp³-hybridized carbons (Fsp3) is 0.421. The molecule has 1 heterocycles. The molecule has 6 heteroatoms. The largest absolute Gasteiger partial charge is 0.461 e. The highest BCUT2D eigenvalue weighted by Gasteiger charge is 2.13. The minimum absolute atomic E-state index is 0.359. The summed E-state index contributed by atoms with van der Waals surface area (Å²) in [5.41, 5.74) is 4.87. The molecule has 2 aromatic rings. The molecule has 134 valence electrons. The average molecular weight is 359 g/mol. The van der Waals surface area contributed by atoms with Crippen LogP contribution in [0.2, 0.25) is 0 Å². The molecule has 0 saturated heterocycles. The first-order valence-electron chi connectivity index (χ1n) is 8.40. The van der Waals surface area contributed by atoms with Gasteiger partial charge in [-0.25, -0.2) is 14.8 Å². The van der Waals surface area contributed by atoms with Crippen LogP contribution in [0.3, 0.4) is 0 Å². The van der Waals surface area contributed by atoms with Crippen LogP contribution < -0.4 is 0 Å². The summed E-state index contributed by atoms with van der Waals surface area (Å²) in [6.45, 7) is 9.31. The fourth-order valence-electron chi connectivity index (χ4n) is 2.29. The molecule has 5 nitrogen and oxygen atoms in total. The Morgan fingerprint density at radius 2 is 2.08 bits per heavy atom. The Balaban J connectivity index is 2.17. The maximum atomic E-state index is 11.7. The van der Waals surface area contributed by atoms with Gasteiger partial charge in [-0.2, -0.15) is 0 Å². The van der Waals surface area contributed by atoms with Crippen LogP contribution in [0.5, 0.6) is 0 Å². The standard InChI is InChI=1S/C19H25N3O2S/c1-6-22(5)12-20-16-9-13(3)15(8-14(16)4)10-18-21-17(11-25-18)19(23)24-7-2/h8-9,11-12H,6-7,10H2,1-5H3/b20-12+. The van der Waals surface area contributed by atoms with Crippen molar-refractivity contribution < 1.29 is 9.53 Å². The Labute approximate surface area is 153 Å². The molecular weight excluding hydrogens is 334 g/mol. The Morgan fingerprint density at radius 1 is 1.32 bits per heavy atom. The molecule has 0 amide bonds. The highest BCUT2D eigenvalue weighted by molar-refractivity contribution is 7.09. The molecule has 25 heavy (non-hydrogen) atoms. The number of aryl methyl sites for hydroxylation is 2. The summed E-state index contributed by atoms with van der Waals surface area (Å²) in [7, 11) is 2.00. The SMILES string of the molecule is CCOC(=O)c1csc(Cc2cc(C)c(/N=C/N(C)CC)cc2C)n1. The first-order valence-corrected chi connectivity index (χ1v) is 9.28. The molecule has 0 unspecified atom stereocenters. The molecule has 1 aromatic heterocycles. The van der Waals surface area contributed by atoms with E-state index in [0.717, 1.165) is 22.8 Å². The number of benzene rings is 1. The van der Waals surface area contributed by atoms with Gasteiger partial charge in [-0.15, -0.1) is 11.3 Å². The van der Waals surface area contributed by atoms with Gasteiger partial charge in [0.25, 0.3) is 0 Å². The second kappa shape index (κ2) is 8.76. The van der Waals surface area contributed by atoms with E-state index in [1.54, 1.807) is 12.3 Å². The molecule has 0 radical (unpaired) electrons. The fourth-order valence-corrected chi connectivity index (χ4v) is 3.07. The molecule has 0 spiro atoms. The third-order valence-electron chi connectivity index (χ3n) is 3.93. The summed E-state index contributed by atoms with van der Waals surface area (Å²) in [5, 5.41) is 2.67. The van der Waals surface area contributed by atoms with Crippen LogP contribution in [-0.4, -0.2) is 42.4 Å². The van der Waals surface area contributed by atoms with Crippen molar-refractivity contribution in [3.63, 3.8) is 0 Å². The van der Waals surface area contributed by atoms with Gasteiger partial charge in [0.15, 0.2) is 5.69 Å². The number of hydrogen-bond acceptors (Lipinski definition) is 5. The minimum atomic E-state index is -0.359. The van der Waals surface area contributed by atoms with Crippen LogP contribution in [0.25, 0.3) is 0 Å². The number of aromatic nitrogens is 1. The van der Waals surface area contributed by atoms with Crippen molar-refractivity contribution in [1.29, 1.82) is 0 Å². The van der Waals surface area contributed by atoms with Crippen LogP contribution in [0.15, 0.2) is 22.5 Å². The van der Waals surface area contributed by atoms with Gasteiger partial charge in [-0.05, 0) is 50.5 Å². The van der Waals surface area contributed by atoms with Crippen LogP contribution in [-0.2, 0) is 11.2 Å². The molecule has 1 aromatic carbocycles. The summed E-state index contributed by atoms with van der Waals surface area (Å²) in [6, 6.07) is 4.25. The maximum absolute atomic E-state index is 11.7. The quantitative estimate of drug-likeness (QED) is 0.423. The van der Waals surface area contributed by atoms with Gasteiger partial charge >= 0.3 is 5.97 Å². The second-order valence-electron chi connectivity index (χ2n) is 5.91. The van der Waals surface area contributed by atoms with Crippen molar-refractivity contribution in [3.8, 4) is 0 Å². The number of ether oxygens (including phenoxy) is 1. The van der Waals surface area contributed by atoms with E-state index in [0.29, 0.717) is 18.7 Å². The van der Waals surface area contributed by atoms with Gasteiger partial charge in [-0.3, -0.25) is 0 Å². The molecule has 0 atom stereocenters. The van der Waals surface area contributed by atoms with Crippen molar-refractivity contribution in [1.82, 2.24) is 9.88 Å². The Morgan fingerprint density at radius 3 is 2.76 bits per heavy atom. The van der Waals surface area contributed by atoms with Crippen molar-refractivity contribution in [3.05, 3.63) is 44.9 Å². The van der Waals surface area contributed by atoms with Crippen molar-refractivity contribution in [2.24, 2.45) is 4.99 Å².